The van der Waals surface area contributed by atoms with Crippen LogP contribution >= 0.6 is 23.2 Å². The quantitative estimate of drug-likeness (QED) is 0.375. The van der Waals surface area contributed by atoms with E-state index in [0.29, 0.717) is 6.54 Å². The minimum atomic E-state index is -4.22. The van der Waals surface area contributed by atoms with E-state index in [4.69, 9.17) is 23.2 Å². The van der Waals surface area contributed by atoms with Crippen LogP contribution in [-0.2, 0) is 26.2 Å². The number of sulfonamides is 1. The highest BCUT2D eigenvalue weighted by molar-refractivity contribution is 7.92. The molecule has 0 aromatic heterocycles. The van der Waals surface area contributed by atoms with Gasteiger partial charge >= 0.3 is 0 Å². The molecule has 196 valence electrons. The fourth-order valence-corrected chi connectivity index (χ4v) is 5.72. The second-order valence-electron chi connectivity index (χ2n) is 8.48. The molecule has 0 aliphatic carbocycles. The maximum atomic E-state index is 13.8. The van der Waals surface area contributed by atoms with Crippen LogP contribution in [0.3, 0.4) is 0 Å². The molecule has 0 spiro atoms. The summed E-state index contributed by atoms with van der Waals surface area (Å²) in [6.07, 6.45) is 0. The summed E-state index contributed by atoms with van der Waals surface area (Å²) in [7, 11) is -4.22. The Kier molecular flexibility index (Phi) is 9.59. The van der Waals surface area contributed by atoms with Crippen LogP contribution < -0.4 is 9.62 Å². The number of hydrogen-bond acceptors (Lipinski definition) is 4. The number of nitrogens with zero attached hydrogens (tertiary/aromatic N) is 2. The van der Waals surface area contributed by atoms with E-state index in [-0.39, 0.29) is 33.1 Å². The Morgan fingerprint density at radius 1 is 0.973 bits per heavy atom. The minimum absolute atomic E-state index is 0.00141. The van der Waals surface area contributed by atoms with Crippen LogP contribution in [0, 0.1) is 6.92 Å². The number of amides is 2. The Labute approximate surface area is 228 Å². The number of hydrogen-bond donors (Lipinski definition) is 1. The summed E-state index contributed by atoms with van der Waals surface area (Å²) in [6, 6.07) is 19.0. The molecule has 1 unspecified atom stereocenters. The van der Waals surface area contributed by atoms with E-state index in [1.807, 2.05) is 31.2 Å². The van der Waals surface area contributed by atoms with Crippen LogP contribution in [0.15, 0.2) is 77.7 Å². The first-order valence-corrected chi connectivity index (χ1v) is 13.9. The molecule has 0 aliphatic rings. The number of carbonyl (C=O) groups is 2. The molecular weight excluding hydrogens is 533 g/mol. The SMILES string of the molecule is CCNC(=O)C(C)N(Cc1cccc(C)c1)C(=O)CN(c1cccc(Cl)c1Cl)S(=O)(=O)c1ccccc1. The van der Waals surface area contributed by atoms with Gasteiger partial charge in [0.15, 0.2) is 0 Å². The zero-order valence-corrected chi connectivity index (χ0v) is 23.1. The van der Waals surface area contributed by atoms with Crippen molar-refractivity contribution in [1.82, 2.24) is 10.2 Å². The zero-order chi connectivity index (χ0) is 27.2. The van der Waals surface area contributed by atoms with Crippen molar-refractivity contribution in [3.05, 3.63) is 94.0 Å². The van der Waals surface area contributed by atoms with Gasteiger partial charge in [0.25, 0.3) is 10.0 Å². The number of aryl methyl sites for hydroxylation is 1. The molecule has 0 bridgehead atoms. The third kappa shape index (κ3) is 6.83. The van der Waals surface area contributed by atoms with Gasteiger partial charge in [-0.1, -0.05) is 77.3 Å². The van der Waals surface area contributed by atoms with E-state index in [1.54, 1.807) is 38.1 Å². The smallest absolute Gasteiger partial charge is 0.264 e. The minimum Gasteiger partial charge on any atom is -0.355 e. The Morgan fingerprint density at radius 3 is 2.30 bits per heavy atom. The summed E-state index contributed by atoms with van der Waals surface area (Å²) in [4.78, 5) is 27.9. The third-order valence-corrected chi connectivity index (χ3v) is 8.35. The fraction of sp³-hybridized carbons (Fsp3) is 0.259. The first-order chi connectivity index (χ1) is 17.6. The van der Waals surface area contributed by atoms with Gasteiger partial charge in [0.1, 0.15) is 12.6 Å². The van der Waals surface area contributed by atoms with Gasteiger partial charge in [0.05, 0.1) is 20.6 Å². The van der Waals surface area contributed by atoms with E-state index in [0.717, 1.165) is 15.4 Å². The predicted octanol–water partition coefficient (Wildman–Crippen LogP) is 5.05. The number of nitrogens with one attached hydrogen (secondary N) is 1. The first-order valence-electron chi connectivity index (χ1n) is 11.7. The van der Waals surface area contributed by atoms with E-state index >= 15 is 0 Å². The topological polar surface area (TPSA) is 86.8 Å². The Balaban J connectivity index is 2.07. The summed E-state index contributed by atoms with van der Waals surface area (Å²) < 4.78 is 28.4. The Hall–Kier alpha value is -3.07. The molecule has 0 heterocycles. The zero-order valence-electron chi connectivity index (χ0n) is 20.8. The van der Waals surface area contributed by atoms with Crippen LogP contribution in [0.2, 0.25) is 10.0 Å². The van der Waals surface area contributed by atoms with Crippen molar-refractivity contribution in [2.45, 2.75) is 38.3 Å². The summed E-state index contributed by atoms with van der Waals surface area (Å²) in [6.45, 7) is 5.24. The van der Waals surface area contributed by atoms with E-state index in [9.17, 15) is 18.0 Å². The van der Waals surface area contributed by atoms with Gasteiger partial charge in [-0.15, -0.1) is 0 Å². The van der Waals surface area contributed by atoms with Crippen LogP contribution in [0.5, 0.6) is 0 Å². The van der Waals surface area contributed by atoms with Crippen LogP contribution in [0.4, 0.5) is 5.69 Å². The average molecular weight is 563 g/mol. The van der Waals surface area contributed by atoms with Crippen LogP contribution in [0.25, 0.3) is 0 Å². The highest BCUT2D eigenvalue weighted by atomic mass is 35.5. The predicted molar refractivity (Wildman–Crippen MR) is 147 cm³/mol. The van der Waals surface area contributed by atoms with Crippen molar-refractivity contribution in [2.75, 3.05) is 17.4 Å². The lowest BCUT2D eigenvalue weighted by atomic mass is 10.1. The van der Waals surface area contributed by atoms with E-state index < -0.39 is 28.5 Å². The first kappa shape index (κ1) is 28.5. The molecule has 10 heteroatoms. The van der Waals surface area contributed by atoms with Gasteiger partial charge in [0.2, 0.25) is 11.8 Å². The molecule has 0 radical (unpaired) electrons. The average Bonchev–Trinajstić information content (AvgIpc) is 2.88. The standard InChI is InChI=1S/C27H29Cl2N3O4S/c1-4-30-27(34)20(3)31(17-21-11-8-10-19(2)16-21)25(33)18-32(24-15-9-14-23(28)26(24)29)37(35,36)22-12-6-5-7-13-22/h5-16,20H,4,17-18H2,1-3H3,(H,30,34). The van der Waals surface area contributed by atoms with Gasteiger partial charge in [-0.2, -0.15) is 0 Å². The third-order valence-electron chi connectivity index (χ3n) is 5.76. The maximum Gasteiger partial charge on any atom is 0.264 e. The molecule has 0 saturated heterocycles. The molecule has 3 aromatic rings. The fourth-order valence-electron chi connectivity index (χ4n) is 3.83. The van der Waals surface area contributed by atoms with Gasteiger partial charge in [-0.25, -0.2) is 8.42 Å². The lowest BCUT2D eigenvalue weighted by molar-refractivity contribution is -0.139. The maximum absolute atomic E-state index is 13.8. The van der Waals surface area contributed by atoms with E-state index in [2.05, 4.69) is 5.32 Å². The second kappa shape index (κ2) is 12.4. The van der Waals surface area contributed by atoms with Crippen molar-refractivity contribution < 1.29 is 18.0 Å². The summed E-state index contributed by atoms with van der Waals surface area (Å²) in [5, 5.41) is 2.88. The van der Waals surface area contributed by atoms with Crippen LogP contribution in [-0.4, -0.2) is 44.3 Å². The summed E-state index contributed by atoms with van der Waals surface area (Å²) in [5.74, 6) is -0.919. The number of anilines is 1. The second-order valence-corrected chi connectivity index (χ2v) is 11.1. The number of benzene rings is 3. The molecular formula is C27H29Cl2N3O4S. The number of likely N-dealkylation sites (N-methyl/N-ethyl adjacent to an activating group) is 1. The van der Waals surface area contributed by atoms with Crippen molar-refractivity contribution >= 4 is 50.7 Å². The largest absolute Gasteiger partial charge is 0.355 e. The molecule has 7 nitrogen and oxygen atoms in total. The molecule has 37 heavy (non-hydrogen) atoms. The number of rotatable bonds is 10. The van der Waals surface area contributed by atoms with Gasteiger partial charge in [0, 0.05) is 13.1 Å². The number of carbonyl (C=O) groups excluding carboxylic acids is 2. The Bertz CT molecular complexity index is 1370. The molecule has 2 amide bonds. The van der Waals surface area contributed by atoms with Crippen LogP contribution in [0.1, 0.15) is 25.0 Å². The summed E-state index contributed by atoms with van der Waals surface area (Å²) >= 11 is 12.6. The van der Waals surface area contributed by atoms with Crippen molar-refractivity contribution in [3.63, 3.8) is 0 Å². The molecule has 3 rings (SSSR count). The molecule has 0 fully saturated rings. The van der Waals surface area contributed by atoms with E-state index in [1.165, 1.54) is 29.2 Å². The molecule has 1 atom stereocenters. The van der Waals surface area contributed by atoms with Gasteiger partial charge in [-0.05, 0) is 50.6 Å². The molecule has 1 N–H and O–H groups in total. The van der Waals surface area contributed by atoms with Gasteiger partial charge < -0.3 is 10.2 Å². The highest BCUT2D eigenvalue weighted by Crippen LogP contribution is 2.35. The van der Waals surface area contributed by atoms with Crippen molar-refractivity contribution in [2.24, 2.45) is 0 Å². The normalized spacial score (nSPS) is 12.0. The Morgan fingerprint density at radius 2 is 1.65 bits per heavy atom. The monoisotopic (exact) mass is 561 g/mol. The molecule has 0 aliphatic heterocycles. The summed E-state index contributed by atoms with van der Waals surface area (Å²) in [5.41, 5.74) is 1.87. The molecule has 0 saturated carbocycles. The van der Waals surface area contributed by atoms with Crippen molar-refractivity contribution in [3.8, 4) is 0 Å². The number of halogens is 2. The lowest BCUT2D eigenvalue weighted by Gasteiger charge is -2.32. The lowest BCUT2D eigenvalue weighted by Crippen LogP contribution is -2.51. The highest BCUT2D eigenvalue weighted by Gasteiger charge is 2.33. The van der Waals surface area contributed by atoms with Gasteiger partial charge in [-0.3, -0.25) is 13.9 Å². The molecule has 3 aromatic carbocycles. The van der Waals surface area contributed by atoms with Crippen molar-refractivity contribution in [1.29, 1.82) is 0 Å².